The van der Waals surface area contributed by atoms with Crippen LogP contribution >= 0.6 is 0 Å². The Kier molecular flexibility index (Phi) is 3.20. The predicted molar refractivity (Wildman–Crippen MR) is 67.6 cm³/mol. The number of aromatic amines is 2. The molecule has 3 aromatic rings. The minimum atomic E-state index is -0.412. The Morgan fingerprint density at radius 3 is 2.59 bits per heavy atom. The Morgan fingerprint density at radius 1 is 1.12 bits per heavy atom. The van der Waals surface area contributed by atoms with Gasteiger partial charge in [0.25, 0.3) is 0 Å². The van der Waals surface area contributed by atoms with Crippen molar-refractivity contribution in [3.05, 3.63) is 59.3 Å². The molecule has 0 aliphatic rings. The summed E-state index contributed by atoms with van der Waals surface area (Å²) in [5, 5.41) is 1.28. The lowest BCUT2D eigenvalue weighted by atomic mass is 10.3. The quantitative estimate of drug-likeness (QED) is 0.545. The maximum absolute atomic E-state index is 10.2. The van der Waals surface area contributed by atoms with Gasteiger partial charge in [-0.3, -0.25) is 4.98 Å². The van der Waals surface area contributed by atoms with Crippen LogP contribution in [-0.2, 0) is 0 Å². The van der Waals surface area contributed by atoms with Crippen molar-refractivity contribution in [3.63, 3.8) is 0 Å². The Hall–Kier alpha value is -2.56. The number of H-pyrrole nitrogens is 2. The Morgan fingerprint density at radius 2 is 1.94 bits per heavy atom. The van der Waals surface area contributed by atoms with E-state index in [-0.39, 0.29) is 0 Å². The highest BCUT2D eigenvalue weighted by molar-refractivity contribution is 5.78. The lowest BCUT2D eigenvalue weighted by Gasteiger charge is -1.84. The van der Waals surface area contributed by atoms with Gasteiger partial charge in [0, 0.05) is 17.9 Å². The fourth-order valence-corrected chi connectivity index (χ4v) is 1.38. The molecule has 2 aromatic heterocycles. The number of rotatable bonds is 0. The molecule has 17 heavy (non-hydrogen) atoms. The van der Waals surface area contributed by atoms with Gasteiger partial charge in [-0.05, 0) is 23.6 Å². The van der Waals surface area contributed by atoms with Crippen molar-refractivity contribution in [2.24, 2.45) is 0 Å². The summed E-state index contributed by atoms with van der Waals surface area (Å²) in [5.41, 5.74) is 5.96. The molecule has 3 rings (SSSR count). The number of para-hydroxylation sites is 1. The molecule has 0 saturated carbocycles. The molecule has 5 nitrogen and oxygen atoms in total. The standard InChI is InChI=1S/C8H7N.C4H5N3O/c1-2-4-8-7(3-1)5-6-9-8;5-3-1-2-6-4(8)7-3/h1-6,9H;1-2H,(H3,5,6,7,8). The molecule has 0 radical (unpaired) electrons. The van der Waals surface area contributed by atoms with E-state index in [2.05, 4.69) is 33.2 Å². The van der Waals surface area contributed by atoms with Crippen LogP contribution in [0, 0.1) is 0 Å². The summed E-state index contributed by atoms with van der Waals surface area (Å²) in [6.07, 6.45) is 3.30. The SMILES string of the molecule is Nc1ccnc(=O)[nH]1.c1ccc2[nH]ccc2c1. The van der Waals surface area contributed by atoms with Gasteiger partial charge in [-0.15, -0.1) is 0 Å². The number of anilines is 1. The topological polar surface area (TPSA) is 87.6 Å². The predicted octanol–water partition coefficient (Wildman–Crippen LogP) is 1.52. The molecule has 5 heteroatoms. The third kappa shape index (κ3) is 2.94. The number of hydrogen-bond acceptors (Lipinski definition) is 3. The van der Waals surface area contributed by atoms with E-state index in [4.69, 9.17) is 5.73 Å². The summed E-state index contributed by atoms with van der Waals surface area (Å²) in [7, 11) is 0. The average molecular weight is 228 g/mol. The molecule has 0 spiro atoms. The summed E-state index contributed by atoms with van der Waals surface area (Å²) < 4.78 is 0. The van der Waals surface area contributed by atoms with Crippen LogP contribution in [0.4, 0.5) is 5.82 Å². The van der Waals surface area contributed by atoms with Crippen LogP contribution < -0.4 is 11.4 Å². The molecule has 1 aromatic carbocycles. The molecular weight excluding hydrogens is 216 g/mol. The first kappa shape index (κ1) is 10.9. The zero-order chi connectivity index (χ0) is 12.1. The van der Waals surface area contributed by atoms with Crippen LogP contribution in [0.3, 0.4) is 0 Å². The van der Waals surface area contributed by atoms with Crippen LogP contribution in [0.2, 0.25) is 0 Å². The minimum absolute atomic E-state index is 0.338. The molecule has 0 aliphatic heterocycles. The number of nitrogens with two attached hydrogens (primary N) is 1. The highest BCUT2D eigenvalue weighted by Gasteiger charge is 1.86. The molecule has 0 bridgehead atoms. The van der Waals surface area contributed by atoms with Gasteiger partial charge in [-0.1, -0.05) is 18.2 Å². The second-order valence-corrected chi connectivity index (χ2v) is 3.40. The molecule has 0 saturated heterocycles. The van der Waals surface area contributed by atoms with Gasteiger partial charge in [-0.25, -0.2) is 9.78 Å². The van der Waals surface area contributed by atoms with Crippen molar-refractivity contribution < 1.29 is 0 Å². The van der Waals surface area contributed by atoms with Crippen molar-refractivity contribution in [2.75, 3.05) is 5.73 Å². The number of nitrogens with one attached hydrogen (secondary N) is 2. The van der Waals surface area contributed by atoms with Gasteiger partial charge in [0.05, 0.1) is 0 Å². The smallest absolute Gasteiger partial charge is 0.346 e. The van der Waals surface area contributed by atoms with Crippen LogP contribution in [0.15, 0.2) is 53.6 Å². The monoisotopic (exact) mass is 228 g/mol. The Balaban J connectivity index is 0.000000128. The van der Waals surface area contributed by atoms with Gasteiger partial charge < -0.3 is 10.7 Å². The van der Waals surface area contributed by atoms with E-state index in [1.54, 1.807) is 0 Å². The van der Waals surface area contributed by atoms with E-state index in [0.717, 1.165) is 0 Å². The van der Waals surface area contributed by atoms with Crippen molar-refractivity contribution in [1.29, 1.82) is 0 Å². The maximum Gasteiger partial charge on any atom is 0.346 e. The molecule has 0 aliphatic carbocycles. The summed E-state index contributed by atoms with van der Waals surface area (Å²) in [6, 6.07) is 11.8. The van der Waals surface area contributed by atoms with E-state index < -0.39 is 5.69 Å². The van der Waals surface area contributed by atoms with E-state index >= 15 is 0 Å². The van der Waals surface area contributed by atoms with Crippen molar-refractivity contribution in [3.8, 4) is 0 Å². The van der Waals surface area contributed by atoms with Crippen molar-refractivity contribution in [1.82, 2.24) is 15.0 Å². The molecular formula is C12H12N4O. The number of nitrogens with zero attached hydrogens (tertiary/aromatic N) is 1. The van der Waals surface area contributed by atoms with Crippen LogP contribution in [0.25, 0.3) is 10.9 Å². The third-order valence-corrected chi connectivity index (χ3v) is 2.16. The first-order valence-electron chi connectivity index (χ1n) is 5.08. The number of fused-ring (bicyclic) bond motifs is 1. The van der Waals surface area contributed by atoms with Crippen LogP contribution in [0.5, 0.6) is 0 Å². The van der Waals surface area contributed by atoms with Gasteiger partial charge >= 0.3 is 5.69 Å². The van der Waals surface area contributed by atoms with Gasteiger partial charge in [0.2, 0.25) is 0 Å². The maximum atomic E-state index is 10.2. The molecule has 0 atom stereocenters. The summed E-state index contributed by atoms with van der Waals surface area (Å²) in [4.78, 5) is 19.0. The summed E-state index contributed by atoms with van der Waals surface area (Å²) in [5.74, 6) is 0.338. The Labute approximate surface area is 97.3 Å². The Bertz CT molecular complexity index is 626. The number of benzene rings is 1. The first-order valence-corrected chi connectivity index (χ1v) is 5.08. The zero-order valence-electron chi connectivity index (χ0n) is 9.05. The molecule has 2 heterocycles. The van der Waals surface area contributed by atoms with Gasteiger partial charge in [0.1, 0.15) is 5.82 Å². The van der Waals surface area contributed by atoms with E-state index in [1.807, 2.05) is 18.3 Å². The number of aromatic nitrogens is 3. The molecule has 0 unspecified atom stereocenters. The van der Waals surface area contributed by atoms with Crippen molar-refractivity contribution in [2.45, 2.75) is 0 Å². The number of hydrogen-bond donors (Lipinski definition) is 3. The molecule has 4 N–H and O–H groups in total. The minimum Gasteiger partial charge on any atom is -0.385 e. The summed E-state index contributed by atoms with van der Waals surface area (Å²) >= 11 is 0. The second-order valence-electron chi connectivity index (χ2n) is 3.40. The van der Waals surface area contributed by atoms with E-state index in [0.29, 0.717) is 5.82 Å². The van der Waals surface area contributed by atoms with E-state index in [1.165, 1.54) is 23.2 Å². The lowest BCUT2D eigenvalue weighted by Crippen LogP contribution is -2.10. The van der Waals surface area contributed by atoms with Gasteiger partial charge in [0.15, 0.2) is 0 Å². The van der Waals surface area contributed by atoms with Gasteiger partial charge in [-0.2, -0.15) is 0 Å². The molecule has 0 amide bonds. The zero-order valence-corrected chi connectivity index (χ0v) is 9.05. The highest BCUT2D eigenvalue weighted by Crippen LogP contribution is 2.09. The van der Waals surface area contributed by atoms with Crippen LogP contribution in [0.1, 0.15) is 0 Å². The number of nitrogen functional groups attached to an aromatic ring is 1. The van der Waals surface area contributed by atoms with Crippen molar-refractivity contribution >= 4 is 16.7 Å². The fourth-order valence-electron chi connectivity index (χ4n) is 1.38. The molecule has 86 valence electrons. The largest absolute Gasteiger partial charge is 0.385 e. The third-order valence-electron chi connectivity index (χ3n) is 2.16. The average Bonchev–Trinajstić information content (AvgIpc) is 2.77. The van der Waals surface area contributed by atoms with Crippen LogP contribution in [-0.4, -0.2) is 15.0 Å². The fraction of sp³-hybridized carbons (Fsp3) is 0. The van der Waals surface area contributed by atoms with E-state index in [9.17, 15) is 4.79 Å². The normalized spacial score (nSPS) is 9.65. The highest BCUT2D eigenvalue weighted by atomic mass is 16.1. The first-order chi connectivity index (χ1) is 8.25. The summed E-state index contributed by atoms with van der Waals surface area (Å²) in [6.45, 7) is 0. The lowest BCUT2D eigenvalue weighted by molar-refractivity contribution is 1.08. The second kappa shape index (κ2) is 4.98. The molecule has 0 fully saturated rings.